The van der Waals surface area contributed by atoms with Crippen molar-refractivity contribution in [2.45, 2.75) is 12.8 Å². The average molecular weight is 314 g/mol. The Bertz CT molecular complexity index is 618. The Kier molecular flexibility index (Phi) is 4.86. The van der Waals surface area contributed by atoms with Crippen LogP contribution in [-0.2, 0) is 6.42 Å². The smallest absolute Gasteiger partial charge is 0.273 e. The maximum Gasteiger partial charge on any atom is 0.273 e. The van der Waals surface area contributed by atoms with Crippen LogP contribution < -0.4 is 4.74 Å². The zero-order valence-electron chi connectivity index (χ0n) is 10.7. The maximum absolute atomic E-state index is 10.8. The highest BCUT2D eigenvalue weighted by Gasteiger charge is 2.16. The first-order valence-corrected chi connectivity index (χ1v) is 7.22. The molecule has 0 radical (unpaired) electrons. The predicted molar refractivity (Wildman–Crippen MR) is 77.6 cm³/mol. The lowest BCUT2D eigenvalue weighted by Crippen LogP contribution is -1.92. The van der Waals surface area contributed by atoms with Crippen LogP contribution >= 0.6 is 22.9 Å². The van der Waals surface area contributed by atoms with Gasteiger partial charge in [-0.05, 0) is 12.5 Å². The van der Waals surface area contributed by atoms with E-state index in [1.807, 2.05) is 0 Å². The summed E-state index contributed by atoms with van der Waals surface area (Å²) < 4.78 is 5.19. The van der Waals surface area contributed by atoms with Crippen molar-refractivity contribution in [1.82, 2.24) is 10.2 Å². The van der Waals surface area contributed by atoms with E-state index >= 15 is 0 Å². The molecule has 1 aromatic heterocycles. The molecule has 0 aliphatic heterocycles. The van der Waals surface area contributed by atoms with Gasteiger partial charge in [0, 0.05) is 18.4 Å². The minimum atomic E-state index is -0.460. The van der Waals surface area contributed by atoms with Gasteiger partial charge in [-0.1, -0.05) is 11.3 Å². The fourth-order valence-electron chi connectivity index (χ4n) is 1.65. The zero-order valence-corrected chi connectivity index (χ0v) is 12.3. The average Bonchev–Trinajstić information content (AvgIpc) is 2.92. The number of non-ortho nitro benzene ring substituents is 1. The number of rotatable bonds is 6. The molecular weight excluding hydrogens is 302 g/mol. The molecule has 0 aliphatic carbocycles. The number of nitro groups is 1. The molecule has 0 fully saturated rings. The molecule has 20 heavy (non-hydrogen) atoms. The lowest BCUT2D eigenvalue weighted by Gasteiger charge is -2.04. The molecule has 0 saturated carbocycles. The highest BCUT2D eigenvalue weighted by Crippen LogP contribution is 2.34. The van der Waals surface area contributed by atoms with Crippen LogP contribution in [0.4, 0.5) is 5.69 Å². The summed E-state index contributed by atoms with van der Waals surface area (Å²) in [5, 5.41) is 20.5. The van der Waals surface area contributed by atoms with E-state index in [0.29, 0.717) is 22.2 Å². The minimum absolute atomic E-state index is 0.0162. The van der Waals surface area contributed by atoms with Crippen LogP contribution in [0.2, 0.25) is 0 Å². The summed E-state index contributed by atoms with van der Waals surface area (Å²) >= 11 is 7.08. The van der Waals surface area contributed by atoms with E-state index in [9.17, 15) is 10.1 Å². The number of nitro benzene ring substituents is 1. The predicted octanol–water partition coefficient (Wildman–Crippen LogP) is 3.29. The lowest BCUT2D eigenvalue weighted by molar-refractivity contribution is -0.384. The fraction of sp³-hybridized carbons (Fsp3) is 0.333. The molecule has 0 amide bonds. The molecule has 0 unspecified atom stereocenters. The molecule has 0 saturated heterocycles. The van der Waals surface area contributed by atoms with E-state index in [0.717, 1.165) is 17.8 Å². The Labute approximate surface area is 124 Å². The second-order valence-electron chi connectivity index (χ2n) is 3.94. The van der Waals surface area contributed by atoms with Gasteiger partial charge in [-0.15, -0.1) is 21.8 Å². The number of aromatic nitrogens is 2. The summed E-state index contributed by atoms with van der Waals surface area (Å²) in [4.78, 5) is 10.3. The van der Waals surface area contributed by atoms with Crippen LogP contribution in [0, 0.1) is 10.1 Å². The maximum atomic E-state index is 10.8. The summed E-state index contributed by atoms with van der Waals surface area (Å²) in [6, 6.07) is 4.44. The van der Waals surface area contributed by atoms with Gasteiger partial charge >= 0.3 is 0 Å². The molecule has 106 valence electrons. The van der Waals surface area contributed by atoms with Crippen LogP contribution in [0.25, 0.3) is 10.6 Å². The third kappa shape index (κ3) is 3.23. The number of nitrogens with zero attached hydrogens (tertiary/aromatic N) is 3. The molecule has 1 aromatic carbocycles. The van der Waals surface area contributed by atoms with E-state index < -0.39 is 4.92 Å². The van der Waals surface area contributed by atoms with E-state index in [2.05, 4.69) is 10.2 Å². The lowest BCUT2D eigenvalue weighted by atomic mass is 10.2. The highest BCUT2D eigenvalue weighted by atomic mass is 35.5. The van der Waals surface area contributed by atoms with Gasteiger partial charge in [-0.2, -0.15) is 0 Å². The van der Waals surface area contributed by atoms with Crippen molar-refractivity contribution >= 4 is 28.6 Å². The van der Waals surface area contributed by atoms with Crippen LogP contribution in [0.15, 0.2) is 18.2 Å². The summed E-state index contributed by atoms with van der Waals surface area (Å²) in [5.74, 6) is 0.995. The Morgan fingerprint density at radius 1 is 1.45 bits per heavy atom. The largest absolute Gasteiger partial charge is 0.496 e. The van der Waals surface area contributed by atoms with Gasteiger partial charge in [-0.25, -0.2) is 0 Å². The van der Waals surface area contributed by atoms with E-state index in [1.165, 1.54) is 30.6 Å². The number of benzene rings is 1. The molecule has 6 nitrogen and oxygen atoms in total. The third-order valence-electron chi connectivity index (χ3n) is 2.62. The number of ether oxygens (including phenoxy) is 1. The van der Waals surface area contributed by atoms with E-state index in [1.54, 1.807) is 6.07 Å². The Hall–Kier alpha value is -1.73. The molecule has 2 aromatic rings. The van der Waals surface area contributed by atoms with E-state index in [-0.39, 0.29) is 5.69 Å². The normalized spacial score (nSPS) is 10.5. The van der Waals surface area contributed by atoms with Crippen LogP contribution in [0.3, 0.4) is 0 Å². The van der Waals surface area contributed by atoms with Gasteiger partial charge in [0.25, 0.3) is 5.69 Å². The van der Waals surface area contributed by atoms with Crippen molar-refractivity contribution < 1.29 is 9.66 Å². The number of methoxy groups -OCH3 is 1. The van der Waals surface area contributed by atoms with Crippen molar-refractivity contribution in [1.29, 1.82) is 0 Å². The standard InChI is InChI=1S/C12H12ClN3O3S/c1-19-10-7-8(16(17)18)4-5-9(10)12-15-14-11(20-12)3-2-6-13/h4-5,7H,2-3,6H2,1H3. The van der Waals surface area contributed by atoms with Crippen LogP contribution in [0.5, 0.6) is 5.75 Å². The number of hydrogen-bond donors (Lipinski definition) is 0. The summed E-state index contributed by atoms with van der Waals surface area (Å²) in [6.07, 6.45) is 1.62. The minimum Gasteiger partial charge on any atom is -0.496 e. The molecule has 2 rings (SSSR count). The number of hydrogen-bond acceptors (Lipinski definition) is 6. The number of halogens is 1. The van der Waals surface area contributed by atoms with Crippen molar-refractivity contribution in [2.75, 3.05) is 13.0 Å². The van der Waals surface area contributed by atoms with Gasteiger partial charge in [0.05, 0.1) is 23.7 Å². The van der Waals surface area contributed by atoms with Crippen LogP contribution in [-0.4, -0.2) is 28.1 Å². The molecule has 0 spiro atoms. The third-order valence-corrected chi connectivity index (χ3v) is 3.90. The van der Waals surface area contributed by atoms with Crippen molar-refractivity contribution in [2.24, 2.45) is 0 Å². The molecule has 1 heterocycles. The molecule has 0 aliphatic rings. The van der Waals surface area contributed by atoms with Crippen molar-refractivity contribution in [3.8, 4) is 16.3 Å². The van der Waals surface area contributed by atoms with Gasteiger partial charge in [0.2, 0.25) is 0 Å². The number of aryl methyl sites for hydroxylation is 1. The second-order valence-corrected chi connectivity index (χ2v) is 5.38. The SMILES string of the molecule is COc1cc([N+](=O)[O-])ccc1-c1nnc(CCCCl)s1. The first kappa shape index (κ1) is 14.7. The van der Waals surface area contributed by atoms with Crippen molar-refractivity contribution in [3.05, 3.63) is 33.3 Å². The zero-order chi connectivity index (χ0) is 14.5. The molecule has 8 heteroatoms. The topological polar surface area (TPSA) is 78.2 Å². The summed E-state index contributed by atoms with van der Waals surface area (Å²) in [6.45, 7) is 0. The van der Waals surface area contributed by atoms with Gasteiger partial charge in [0.1, 0.15) is 10.8 Å². The fourth-order valence-corrected chi connectivity index (χ4v) is 2.70. The Balaban J connectivity index is 2.32. The Morgan fingerprint density at radius 2 is 2.25 bits per heavy atom. The van der Waals surface area contributed by atoms with Crippen LogP contribution in [0.1, 0.15) is 11.4 Å². The number of alkyl halides is 1. The summed E-state index contributed by atoms with van der Waals surface area (Å²) in [7, 11) is 1.47. The first-order valence-electron chi connectivity index (χ1n) is 5.87. The first-order chi connectivity index (χ1) is 9.65. The molecule has 0 bridgehead atoms. The molecular formula is C12H12ClN3O3S. The highest BCUT2D eigenvalue weighted by molar-refractivity contribution is 7.14. The molecule has 0 N–H and O–H groups in total. The van der Waals surface area contributed by atoms with Gasteiger partial charge < -0.3 is 4.74 Å². The Morgan fingerprint density at radius 3 is 2.90 bits per heavy atom. The summed E-state index contributed by atoms with van der Waals surface area (Å²) in [5.41, 5.74) is 0.685. The quantitative estimate of drug-likeness (QED) is 0.464. The van der Waals surface area contributed by atoms with Crippen molar-refractivity contribution in [3.63, 3.8) is 0 Å². The van der Waals surface area contributed by atoms with Gasteiger partial charge in [-0.3, -0.25) is 10.1 Å². The van der Waals surface area contributed by atoms with Gasteiger partial charge in [0.15, 0.2) is 5.01 Å². The monoisotopic (exact) mass is 313 g/mol. The second kappa shape index (κ2) is 6.62. The van der Waals surface area contributed by atoms with E-state index in [4.69, 9.17) is 16.3 Å². The molecule has 0 atom stereocenters.